The molecule has 118 valence electrons. The molecular formula is C20H27NO. The van der Waals surface area contributed by atoms with Crippen LogP contribution in [0.3, 0.4) is 0 Å². The van der Waals surface area contributed by atoms with Gasteiger partial charge in [-0.3, -0.25) is 0 Å². The van der Waals surface area contributed by atoms with E-state index in [1.807, 2.05) is 12.1 Å². The maximum absolute atomic E-state index is 6.14. The van der Waals surface area contributed by atoms with Gasteiger partial charge in [0.2, 0.25) is 0 Å². The van der Waals surface area contributed by atoms with E-state index in [1.54, 1.807) is 0 Å². The molecule has 0 atom stereocenters. The minimum absolute atomic E-state index is 0.0556. The third-order valence-electron chi connectivity index (χ3n) is 3.84. The van der Waals surface area contributed by atoms with Crippen LogP contribution in [-0.2, 0) is 18.3 Å². The maximum Gasteiger partial charge on any atom is 0.131 e. The van der Waals surface area contributed by atoms with Gasteiger partial charge >= 0.3 is 0 Å². The fourth-order valence-electron chi connectivity index (χ4n) is 2.49. The van der Waals surface area contributed by atoms with Crippen molar-refractivity contribution < 1.29 is 4.74 Å². The van der Waals surface area contributed by atoms with Crippen molar-refractivity contribution in [3.05, 3.63) is 59.2 Å². The fourth-order valence-corrected chi connectivity index (χ4v) is 2.49. The second-order valence-electron chi connectivity index (χ2n) is 6.72. The van der Waals surface area contributed by atoms with Gasteiger partial charge < -0.3 is 10.5 Å². The van der Waals surface area contributed by atoms with E-state index in [1.165, 1.54) is 16.7 Å². The zero-order chi connectivity index (χ0) is 16.2. The molecule has 2 N–H and O–H groups in total. The monoisotopic (exact) mass is 297 g/mol. The largest absolute Gasteiger partial charge is 0.457 e. The van der Waals surface area contributed by atoms with Crippen molar-refractivity contribution in [1.82, 2.24) is 0 Å². The third kappa shape index (κ3) is 4.11. The molecule has 0 spiro atoms. The van der Waals surface area contributed by atoms with Crippen molar-refractivity contribution in [2.45, 2.75) is 46.0 Å². The Hall–Kier alpha value is -1.80. The summed E-state index contributed by atoms with van der Waals surface area (Å²) in [5.74, 6) is 1.81. The number of ether oxygens (including phenoxy) is 1. The number of hydrogen-bond donors (Lipinski definition) is 1. The van der Waals surface area contributed by atoms with Crippen molar-refractivity contribution in [1.29, 1.82) is 0 Å². The molecule has 0 aliphatic heterocycles. The van der Waals surface area contributed by atoms with Crippen LogP contribution < -0.4 is 10.5 Å². The van der Waals surface area contributed by atoms with E-state index in [9.17, 15) is 0 Å². The van der Waals surface area contributed by atoms with Crippen LogP contribution in [0, 0.1) is 0 Å². The second kappa shape index (κ2) is 6.97. The lowest BCUT2D eigenvalue weighted by atomic mass is 9.85. The van der Waals surface area contributed by atoms with Crippen molar-refractivity contribution >= 4 is 0 Å². The standard InChI is InChI=1S/C20H27NO/c1-5-15-8-11-19(18(14-15)20(2,3)4)22-17-9-6-16(7-10-17)12-13-21/h6-11,14H,5,12-13,21H2,1-4H3. The van der Waals surface area contributed by atoms with Crippen LogP contribution in [0.4, 0.5) is 0 Å². The summed E-state index contributed by atoms with van der Waals surface area (Å²) in [5, 5.41) is 0. The van der Waals surface area contributed by atoms with Crippen molar-refractivity contribution in [2.24, 2.45) is 5.73 Å². The summed E-state index contributed by atoms with van der Waals surface area (Å²) in [5.41, 5.74) is 9.48. The molecule has 0 heterocycles. The Labute approximate surface area is 134 Å². The highest BCUT2D eigenvalue weighted by Crippen LogP contribution is 2.35. The van der Waals surface area contributed by atoms with Gasteiger partial charge in [-0.1, -0.05) is 52.0 Å². The number of benzene rings is 2. The van der Waals surface area contributed by atoms with Crippen LogP contribution in [0.2, 0.25) is 0 Å². The Kier molecular flexibility index (Phi) is 5.25. The first-order valence-corrected chi connectivity index (χ1v) is 8.04. The highest BCUT2D eigenvalue weighted by Gasteiger charge is 2.19. The number of aryl methyl sites for hydroxylation is 1. The first kappa shape index (κ1) is 16.6. The molecule has 0 fully saturated rings. The average Bonchev–Trinajstić information content (AvgIpc) is 2.49. The molecule has 2 aromatic rings. The average molecular weight is 297 g/mol. The molecule has 0 aromatic heterocycles. The summed E-state index contributed by atoms with van der Waals surface area (Å²) in [4.78, 5) is 0. The first-order chi connectivity index (χ1) is 10.4. The van der Waals surface area contributed by atoms with E-state index in [-0.39, 0.29) is 5.41 Å². The predicted octanol–water partition coefficient (Wildman–Crippen LogP) is 4.84. The normalized spacial score (nSPS) is 11.5. The Balaban J connectivity index is 2.28. The zero-order valence-corrected chi connectivity index (χ0v) is 14.1. The Morgan fingerprint density at radius 1 is 0.955 bits per heavy atom. The molecule has 0 saturated heterocycles. The SMILES string of the molecule is CCc1ccc(Oc2ccc(CCN)cc2)c(C(C)(C)C)c1. The molecule has 0 aliphatic rings. The van der Waals surface area contributed by atoms with E-state index in [0.29, 0.717) is 6.54 Å². The molecule has 0 bridgehead atoms. The summed E-state index contributed by atoms with van der Waals surface area (Å²) in [7, 11) is 0. The molecule has 2 aromatic carbocycles. The molecule has 0 radical (unpaired) electrons. The molecule has 2 rings (SSSR count). The van der Waals surface area contributed by atoms with E-state index >= 15 is 0 Å². The van der Waals surface area contributed by atoms with Crippen LogP contribution in [-0.4, -0.2) is 6.54 Å². The van der Waals surface area contributed by atoms with Gasteiger partial charge in [-0.15, -0.1) is 0 Å². The van der Waals surface area contributed by atoms with Crippen LogP contribution in [0.25, 0.3) is 0 Å². The van der Waals surface area contributed by atoms with E-state index in [2.05, 4.69) is 58.0 Å². The van der Waals surface area contributed by atoms with E-state index in [0.717, 1.165) is 24.3 Å². The lowest BCUT2D eigenvalue weighted by Gasteiger charge is -2.23. The van der Waals surface area contributed by atoms with Crippen LogP contribution in [0.1, 0.15) is 44.4 Å². The highest BCUT2D eigenvalue weighted by atomic mass is 16.5. The number of rotatable bonds is 5. The van der Waals surface area contributed by atoms with Crippen LogP contribution in [0.15, 0.2) is 42.5 Å². The molecule has 22 heavy (non-hydrogen) atoms. The molecule has 0 aliphatic carbocycles. The van der Waals surface area contributed by atoms with Gasteiger partial charge in [-0.2, -0.15) is 0 Å². The summed E-state index contributed by atoms with van der Waals surface area (Å²) in [6, 6.07) is 14.7. The van der Waals surface area contributed by atoms with Crippen molar-refractivity contribution in [2.75, 3.05) is 6.54 Å². The first-order valence-electron chi connectivity index (χ1n) is 8.04. The van der Waals surface area contributed by atoms with Crippen LogP contribution in [0.5, 0.6) is 11.5 Å². The molecule has 0 unspecified atom stereocenters. The molecule has 0 saturated carbocycles. The molecule has 0 amide bonds. The van der Waals surface area contributed by atoms with Gasteiger partial charge in [0.25, 0.3) is 0 Å². The second-order valence-corrected chi connectivity index (χ2v) is 6.72. The van der Waals surface area contributed by atoms with Crippen LogP contribution >= 0.6 is 0 Å². The fraction of sp³-hybridized carbons (Fsp3) is 0.400. The zero-order valence-electron chi connectivity index (χ0n) is 14.1. The van der Waals surface area contributed by atoms with E-state index < -0.39 is 0 Å². The van der Waals surface area contributed by atoms with Gasteiger partial charge in [0.1, 0.15) is 11.5 Å². The predicted molar refractivity (Wildman–Crippen MR) is 93.8 cm³/mol. The molecule has 2 nitrogen and oxygen atoms in total. The Bertz CT molecular complexity index is 609. The lowest BCUT2D eigenvalue weighted by molar-refractivity contribution is 0.455. The third-order valence-corrected chi connectivity index (χ3v) is 3.84. The van der Waals surface area contributed by atoms with Gasteiger partial charge in [-0.25, -0.2) is 0 Å². The van der Waals surface area contributed by atoms with Crippen molar-refractivity contribution in [3.63, 3.8) is 0 Å². The van der Waals surface area contributed by atoms with Gasteiger partial charge in [0.15, 0.2) is 0 Å². The lowest BCUT2D eigenvalue weighted by Crippen LogP contribution is -2.13. The summed E-state index contributed by atoms with van der Waals surface area (Å²) in [6.45, 7) is 9.52. The summed E-state index contributed by atoms with van der Waals surface area (Å²) >= 11 is 0. The Morgan fingerprint density at radius 3 is 2.14 bits per heavy atom. The van der Waals surface area contributed by atoms with Crippen molar-refractivity contribution in [3.8, 4) is 11.5 Å². The minimum Gasteiger partial charge on any atom is -0.457 e. The van der Waals surface area contributed by atoms with Gasteiger partial charge in [0.05, 0.1) is 0 Å². The summed E-state index contributed by atoms with van der Waals surface area (Å²) < 4.78 is 6.14. The maximum atomic E-state index is 6.14. The van der Waals surface area contributed by atoms with Gasteiger partial charge in [-0.05, 0) is 54.1 Å². The minimum atomic E-state index is 0.0556. The van der Waals surface area contributed by atoms with Gasteiger partial charge in [0, 0.05) is 5.56 Å². The Morgan fingerprint density at radius 2 is 1.59 bits per heavy atom. The highest BCUT2D eigenvalue weighted by molar-refractivity contribution is 5.44. The summed E-state index contributed by atoms with van der Waals surface area (Å²) in [6.07, 6.45) is 1.94. The quantitative estimate of drug-likeness (QED) is 0.857. The molecular weight excluding hydrogens is 270 g/mol. The molecule has 2 heteroatoms. The smallest absolute Gasteiger partial charge is 0.131 e. The number of nitrogens with two attached hydrogens (primary N) is 1. The topological polar surface area (TPSA) is 35.2 Å². The van der Waals surface area contributed by atoms with E-state index in [4.69, 9.17) is 10.5 Å². The number of hydrogen-bond acceptors (Lipinski definition) is 2.